The Morgan fingerprint density at radius 2 is 1.19 bits per heavy atom. The third-order valence-electron chi connectivity index (χ3n) is 5.89. The summed E-state index contributed by atoms with van der Waals surface area (Å²) in [6, 6.07) is 9.43. The van der Waals surface area contributed by atoms with E-state index >= 15 is 0 Å². The number of benzene rings is 2. The molecule has 0 unspecified atom stereocenters. The summed E-state index contributed by atoms with van der Waals surface area (Å²) in [4.78, 5) is 59.6. The van der Waals surface area contributed by atoms with Crippen LogP contribution in [0.2, 0.25) is 0 Å². The summed E-state index contributed by atoms with van der Waals surface area (Å²) in [6.07, 6.45) is 11.2. The molecule has 47 heavy (non-hydrogen) atoms. The van der Waals surface area contributed by atoms with Crippen LogP contribution in [0.25, 0.3) is 0 Å². The van der Waals surface area contributed by atoms with Gasteiger partial charge in [-0.3, -0.25) is 0 Å². The summed E-state index contributed by atoms with van der Waals surface area (Å²) < 4.78 is 31.5. The molecule has 0 saturated carbocycles. The van der Waals surface area contributed by atoms with Crippen LogP contribution in [0.3, 0.4) is 0 Å². The molecule has 0 aromatic heterocycles. The van der Waals surface area contributed by atoms with Gasteiger partial charge in [0.1, 0.15) is 17.3 Å². The number of unbranched alkanes of at least 4 members (excludes halogenated alkanes) is 3. The van der Waals surface area contributed by atoms with E-state index in [0.29, 0.717) is 19.0 Å². The fourth-order valence-corrected chi connectivity index (χ4v) is 3.47. The van der Waals surface area contributed by atoms with Gasteiger partial charge >= 0.3 is 29.8 Å². The summed E-state index contributed by atoms with van der Waals surface area (Å²) in [5.41, 5.74) is 0.0646. The minimum atomic E-state index is -0.837. The highest BCUT2D eigenvalue weighted by Crippen LogP contribution is 2.30. The predicted molar refractivity (Wildman–Crippen MR) is 173 cm³/mol. The quantitative estimate of drug-likeness (QED) is 0.0424. The Hall–Kier alpha value is -5.97. The summed E-state index contributed by atoms with van der Waals surface area (Å²) >= 11 is 0. The molecule has 0 fully saturated rings. The highest BCUT2D eigenvalue weighted by atomic mass is 16.6. The van der Waals surface area contributed by atoms with Crippen molar-refractivity contribution >= 4 is 29.8 Å². The van der Waals surface area contributed by atoms with Crippen LogP contribution in [-0.2, 0) is 28.7 Å². The molecule has 2 rings (SSSR count). The molecule has 0 amide bonds. The topological polar surface area (TPSA) is 141 Å². The van der Waals surface area contributed by atoms with Crippen LogP contribution in [0.15, 0.2) is 117 Å². The molecule has 11 nitrogen and oxygen atoms in total. The fourth-order valence-electron chi connectivity index (χ4n) is 3.47. The normalized spacial score (nSPS) is 10.7. The Kier molecular flexibility index (Phi) is 15.9. The molecule has 0 spiro atoms. The maximum absolute atomic E-state index is 12.7. The minimum Gasteiger partial charge on any atom is -0.494 e. The van der Waals surface area contributed by atoms with Crippen molar-refractivity contribution in [1.82, 2.24) is 0 Å². The predicted octanol–water partition coefficient (Wildman–Crippen LogP) is 6.32. The zero-order valence-electron chi connectivity index (χ0n) is 26.1. The summed E-state index contributed by atoms with van der Waals surface area (Å²) in [5.74, 6) is -3.02. The van der Waals surface area contributed by atoms with E-state index in [1.807, 2.05) is 0 Å². The molecule has 11 heteroatoms. The van der Waals surface area contributed by atoms with Crippen LogP contribution < -0.4 is 18.9 Å². The highest BCUT2D eigenvalue weighted by Gasteiger charge is 2.17. The van der Waals surface area contributed by atoms with Gasteiger partial charge in [-0.1, -0.05) is 26.3 Å². The van der Waals surface area contributed by atoms with E-state index in [1.54, 1.807) is 19.1 Å². The van der Waals surface area contributed by atoms with E-state index < -0.39 is 29.8 Å². The Labute approximate surface area is 273 Å². The average Bonchev–Trinajstić information content (AvgIpc) is 3.08. The lowest BCUT2D eigenvalue weighted by atomic mass is 10.2. The first-order valence-electron chi connectivity index (χ1n) is 14.4. The molecule has 0 atom stereocenters. The second-order valence-electron chi connectivity index (χ2n) is 9.35. The van der Waals surface area contributed by atoms with Crippen LogP contribution in [0.4, 0.5) is 0 Å². The first kappa shape index (κ1) is 37.2. The smallest absolute Gasteiger partial charge is 0.343 e. The molecule has 0 aliphatic heterocycles. The molecule has 0 saturated heterocycles. The van der Waals surface area contributed by atoms with Crippen molar-refractivity contribution in [3.05, 3.63) is 122 Å². The third kappa shape index (κ3) is 13.7. The Bertz CT molecular complexity index is 1550. The van der Waals surface area contributed by atoms with E-state index in [-0.39, 0.29) is 34.1 Å². The lowest BCUT2D eigenvalue weighted by Crippen LogP contribution is -2.12. The van der Waals surface area contributed by atoms with Gasteiger partial charge in [-0.25, -0.2) is 24.0 Å². The molecule has 2 aromatic rings. The van der Waals surface area contributed by atoms with Gasteiger partial charge in [-0.05, 0) is 93.3 Å². The van der Waals surface area contributed by atoms with E-state index in [9.17, 15) is 24.0 Å². The van der Waals surface area contributed by atoms with Crippen molar-refractivity contribution < 1.29 is 52.4 Å². The number of ether oxygens (including phenoxy) is 6. The van der Waals surface area contributed by atoms with Gasteiger partial charge in [0.25, 0.3) is 0 Å². The van der Waals surface area contributed by atoms with Crippen LogP contribution in [0.1, 0.15) is 43.0 Å². The molecule has 0 radical (unpaired) electrons. The van der Waals surface area contributed by atoms with Crippen molar-refractivity contribution in [1.29, 1.82) is 0 Å². The monoisotopic (exact) mass is 644 g/mol. The Balaban J connectivity index is 1.87. The van der Waals surface area contributed by atoms with Gasteiger partial charge < -0.3 is 28.4 Å². The lowest BCUT2D eigenvalue weighted by Gasteiger charge is -2.11. The second-order valence-corrected chi connectivity index (χ2v) is 9.35. The van der Waals surface area contributed by atoms with Gasteiger partial charge in [-0.2, -0.15) is 0 Å². The van der Waals surface area contributed by atoms with Gasteiger partial charge in [0.15, 0.2) is 11.5 Å². The zero-order chi connectivity index (χ0) is 34.6. The first-order valence-corrected chi connectivity index (χ1v) is 14.4. The largest absolute Gasteiger partial charge is 0.494 e. The van der Waals surface area contributed by atoms with Crippen LogP contribution in [0.5, 0.6) is 23.0 Å². The molecular formula is C36H36O11. The van der Waals surface area contributed by atoms with Crippen LogP contribution in [-0.4, -0.2) is 43.1 Å². The maximum atomic E-state index is 12.7. The fraction of sp³-hybridized carbons (Fsp3) is 0.194. The van der Waals surface area contributed by atoms with Crippen molar-refractivity contribution in [3.8, 4) is 23.0 Å². The number of carbonyl (C=O) groups excluding carboxylic acids is 5. The molecule has 0 heterocycles. The molecule has 246 valence electrons. The highest BCUT2D eigenvalue weighted by molar-refractivity contribution is 5.94. The Morgan fingerprint density at radius 1 is 0.638 bits per heavy atom. The van der Waals surface area contributed by atoms with Crippen molar-refractivity contribution in [3.63, 3.8) is 0 Å². The van der Waals surface area contributed by atoms with Gasteiger partial charge in [-0.15, -0.1) is 0 Å². The van der Waals surface area contributed by atoms with Crippen molar-refractivity contribution in [2.45, 2.75) is 32.6 Å². The Morgan fingerprint density at radius 3 is 1.77 bits per heavy atom. The standard InChI is InChI=1S/C36H36O11/c1-6-27(42-22-12-10-11-13-23-43-32(37)7-2)16-14-25(5)35(40)44-28-17-19-29(20-18-28)45-36(41)26-15-21-30(46-33(38)8-3)31(24-26)47-34(39)9-4/h6-9,14-21,24H,2-5,10-13,22-23H2,1H3/b16-14-,27-6+. The molecule has 0 N–H and O–H groups in total. The van der Waals surface area contributed by atoms with E-state index in [0.717, 1.165) is 43.9 Å². The van der Waals surface area contributed by atoms with Crippen molar-refractivity contribution in [2.75, 3.05) is 13.2 Å². The summed E-state index contributed by atoms with van der Waals surface area (Å²) in [7, 11) is 0. The number of hydrogen-bond acceptors (Lipinski definition) is 11. The van der Waals surface area contributed by atoms with E-state index in [1.165, 1.54) is 48.5 Å². The third-order valence-corrected chi connectivity index (χ3v) is 5.89. The minimum absolute atomic E-state index is 0.0120. The molecule has 2 aromatic carbocycles. The average molecular weight is 645 g/mol. The number of esters is 5. The lowest BCUT2D eigenvalue weighted by molar-refractivity contribution is -0.138. The van der Waals surface area contributed by atoms with Gasteiger partial charge in [0.05, 0.1) is 24.4 Å². The number of carbonyl (C=O) groups is 5. The van der Waals surface area contributed by atoms with Crippen LogP contribution >= 0.6 is 0 Å². The number of rotatable bonds is 19. The van der Waals surface area contributed by atoms with Gasteiger partial charge in [0.2, 0.25) is 0 Å². The molecular weight excluding hydrogens is 608 g/mol. The number of allylic oxidation sites excluding steroid dienone is 2. The molecule has 0 aliphatic rings. The second kappa shape index (κ2) is 20.1. The maximum Gasteiger partial charge on any atom is 0.343 e. The zero-order valence-corrected chi connectivity index (χ0v) is 26.1. The molecule has 0 aliphatic carbocycles. The van der Waals surface area contributed by atoms with E-state index in [2.05, 4.69) is 26.3 Å². The first-order chi connectivity index (χ1) is 22.6. The summed E-state index contributed by atoms with van der Waals surface area (Å²) in [5, 5.41) is 0. The van der Waals surface area contributed by atoms with Crippen LogP contribution in [0, 0.1) is 0 Å². The van der Waals surface area contributed by atoms with Gasteiger partial charge in [0, 0.05) is 18.2 Å². The number of hydrogen-bond donors (Lipinski definition) is 0. The van der Waals surface area contributed by atoms with E-state index in [4.69, 9.17) is 28.4 Å². The van der Waals surface area contributed by atoms with Crippen molar-refractivity contribution in [2.24, 2.45) is 0 Å². The SMILES string of the molecule is C=CC(=O)OCCCCCCOC(/C=C\C(=C)C(=O)Oc1ccc(OC(=O)c2ccc(OC(=O)C=C)c(OC(=O)C=C)c2)cc1)=C/C. The summed E-state index contributed by atoms with van der Waals surface area (Å²) in [6.45, 7) is 16.3. The molecule has 0 bridgehead atoms.